The third-order valence-corrected chi connectivity index (χ3v) is 10.2. The molecule has 1 amide bonds. The summed E-state index contributed by atoms with van der Waals surface area (Å²) < 4.78 is 1.66. The second-order valence-corrected chi connectivity index (χ2v) is 12.4. The van der Waals surface area contributed by atoms with Gasteiger partial charge in [-0.2, -0.15) is 0 Å². The summed E-state index contributed by atoms with van der Waals surface area (Å²) in [6.07, 6.45) is 5.25. The number of amides is 1. The van der Waals surface area contributed by atoms with Crippen LogP contribution in [0.5, 0.6) is 0 Å². The van der Waals surface area contributed by atoms with Crippen molar-refractivity contribution in [3.63, 3.8) is 0 Å². The van der Waals surface area contributed by atoms with Gasteiger partial charge in [0.1, 0.15) is 4.83 Å². The highest BCUT2D eigenvalue weighted by atomic mass is 32.2. The number of para-hydroxylation sites is 1. The summed E-state index contributed by atoms with van der Waals surface area (Å²) in [5.74, 6) is 2.47. The first-order valence-corrected chi connectivity index (χ1v) is 14.9. The maximum absolute atomic E-state index is 13.8. The van der Waals surface area contributed by atoms with E-state index in [1.807, 2.05) is 53.2 Å². The van der Waals surface area contributed by atoms with Crippen molar-refractivity contribution in [2.45, 2.75) is 43.8 Å². The van der Waals surface area contributed by atoms with E-state index < -0.39 is 0 Å². The Balaban J connectivity index is 1.28. The molecule has 0 saturated heterocycles. The van der Waals surface area contributed by atoms with Crippen molar-refractivity contribution in [1.82, 2.24) is 14.9 Å². The lowest BCUT2D eigenvalue weighted by atomic mass is 9.84. The summed E-state index contributed by atoms with van der Waals surface area (Å²) in [7, 11) is 0. The van der Waals surface area contributed by atoms with E-state index in [0.717, 1.165) is 28.0 Å². The number of carbonyl (C=O) groups excluding carboxylic acids is 1. The van der Waals surface area contributed by atoms with Gasteiger partial charge in [-0.15, -0.1) is 22.7 Å². The molecule has 2 aliphatic carbocycles. The van der Waals surface area contributed by atoms with Crippen LogP contribution in [0.15, 0.2) is 63.2 Å². The van der Waals surface area contributed by atoms with E-state index in [2.05, 4.69) is 12.2 Å². The van der Waals surface area contributed by atoms with Gasteiger partial charge in [0.05, 0.1) is 16.8 Å². The molecular formula is C27H27N3O2S3. The van der Waals surface area contributed by atoms with Crippen LogP contribution in [0.25, 0.3) is 26.3 Å². The van der Waals surface area contributed by atoms with Crippen LogP contribution in [0.3, 0.4) is 0 Å². The lowest BCUT2D eigenvalue weighted by Gasteiger charge is -2.28. The molecule has 6 rings (SSSR count). The average molecular weight is 522 g/mol. The summed E-state index contributed by atoms with van der Waals surface area (Å²) in [5.41, 5.74) is 1.59. The zero-order chi connectivity index (χ0) is 23.9. The molecule has 3 heterocycles. The Kier molecular flexibility index (Phi) is 6.28. The molecule has 8 heteroatoms. The smallest absolute Gasteiger partial charge is 0.268 e. The van der Waals surface area contributed by atoms with E-state index in [4.69, 9.17) is 4.98 Å². The van der Waals surface area contributed by atoms with Gasteiger partial charge in [0.2, 0.25) is 5.91 Å². The van der Waals surface area contributed by atoms with Crippen molar-refractivity contribution < 1.29 is 4.79 Å². The van der Waals surface area contributed by atoms with Gasteiger partial charge in [0.25, 0.3) is 5.56 Å². The molecule has 4 aromatic rings. The molecule has 2 saturated carbocycles. The second kappa shape index (κ2) is 9.56. The molecule has 2 fully saturated rings. The van der Waals surface area contributed by atoms with Gasteiger partial charge >= 0.3 is 0 Å². The van der Waals surface area contributed by atoms with Crippen molar-refractivity contribution in [3.8, 4) is 16.1 Å². The number of fused-ring (bicyclic) bond motifs is 3. The molecule has 35 heavy (non-hydrogen) atoms. The SMILES string of the molecule is C[C@@H](NC(=O)CSc1nc2scc(-c3cccs3)c2c(=O)n1-c1ccccc1)[C@@H]1C[C@H]2CC[C@H]1C2. The van der Waals surface area contributed by atoms with Crippen molar-refractivity contribution in [3.05, 3.63) is 63.6 Å². The van der Waals surface area contributed by atoms with Crippen LogP contribution in [0.2, 0.25) is 0 Å². The Bertz CT molecular complexity index is 1410. The molecule has 0 radical (unpaired) electrons. The van der Waals surface area contributed by atoms with E-state index in [1.165, 1.54) is 48.8 Å². The van der Waals surface area contributed by atoms with E-state index in [-0.39, 0.29) is 23.3 Å². The Morgan fingerprint density at radius 1 is 1.17 bits per heavy atom. The van der Waals surface area contributed by atoms with Gasteiger partial charge in [-0.1, -0.05) is 42.4 Å². The third-order valence-electron chi connectivity index (χ3n) is 7.53. The highest BCUT2D eigenvalue weighted by Gasteiger charge is 2.42. The van der Waals surface area contributed by atoms with Gasteiger partial charge < -0.3 is 5.32 Å². The van der Waals surface area contributed by atoms with Crippen LogP contribution in [0.4, 0.5) is 0 Å². The number of thioether (sulfide) groups is 1. The minimum absolute atomic E-state index is 0.00434. The van der Waals surface area contributed by atoms with Gasteiger partial charge in [0, 0.05) is 21.9 Å². The molecule has 1 aromatic carbocycles. The monoisotopic (exact) mass is 521 g/mol. The van der Waals surface area contributed by atoms with Gasteiger partial charge in [-0.3, -0.25) is 14.2 Å². The van der Waals surface area contributed by atoms with Crippen LogP contribution in [0, 0.1) is 17.8 Å². The standard InChI is InChI=1S/C27H27N3O2S3/c1-16(20-13-17-9-10-18(20)12-17)28-23(31)15-35-27-29-25-24(21(14-34-25)22-8-5-11-33-22)26(32)30(27)19-6-3-2-4-7-19/h2-8,11,14,16-18,20H,9-10,12-13,15H2,1H3,(H,28,31)/t16-,17+,18+,20+/m1/s1. The highest BCUT2D eigenvalue weighted by Crippen LogP contribution is 2.49. The average Bonchev–Trinajstić information content (AvgIpc) is 3.67. The predicted molar refractivity (Wildman–Crippen MR) is 146 cm³/mol. The normalized spacial score (nSPS) is 22.0. The fourth-order valence-electron chi connectivity index (χ4n) is 5.93. The molecule has 1 N–H and O–H groups in total. The Morgan fingerprint density at radius 3 is 2.74 bits per heavy atom. The van der Waals surface area contributed by atoms with Crippen molar-refractivity contribution in [2.24, 2.45) is 17.8 Å². The summed E-state index contributed by atoms with van der Waals surface area (Å²) >= 11 is 4.43. The van der Waals surface area contributed by atoms with Gasteiger partial charge in [-0.05, 0) is 67.5 Å². The lowest BCUT2D eigenvalue weighted by Crippen LogP contribution is -2.41. The maximum atomic E-state index is 13.8. The fourth-order valence-corrected chi connectivity index (χ4v) is 8.55. The zero-order valence-electron chi connectivity index (χ0n) is 19.5. The minimum Gasteiger partial charge on any atom is -0.353 e. The summed E-state index contributed by atoms with van der Waals surface area (Å²) in [6, 6.07) is 13.8. The number of carbonyl (C=O) groups is 1. The molecule has 0 spiro atoms. The van der Waals surface area contributed by atoms with Crippen molar-refractivity contribution in [2.75, 3.05) is 5.75 Å². The molecule has 180 valence electrons. The lowest BCUT2D eigenvalue weighted by molar-refractivity contribution is -0.119. The molecule has 2 bridgehead atoms. The summed E-state index contributed by atoms with van der Waals surface area (Å²) in [4.78, 5) is 33.4. The molecule has 0 unspecified atom stereocenters. The first kappa shape index (κ1) is 23.0. The first-order chi connectivity index (χ1) is 17.1. The van der Waals surface area contributed by atoms with Gasteiger partial charge in [0.15, 0.2) is 5.16 Å². The van der Waals surface area contributed by atoms with Crippen molar-refractivity contribution in [1.29, 1.82) is 0 Å². The predicted octanol–water partition coefficient (Wildman–Crippen LogP) is 6.21. The number of rotatable bonds is 7. The fraction of sp³-hybridized carbons (Fsp3) is 0.370. The van der Waals surface area contributed by atoms with Crippen LogP contribution in [0.1, 0.15) is 32.6 Å². The first-order valence-electron chi connectivity index (χ1n) is 12.1. The minimum atomic E-state index is -0.0934. The van der Waals surface area contributed by atoms with Crippen molar-refractivity contribution >= 4 is 50.6 Å². The number of hydrogen-bond donors (Lipinski definition) is 1. The number of hydrogen-bond acceptors (Lipinski definition) is 6. The van der Waals surface area contributed by atoms with Crippen LogP contribution in [-0.4, -0.2) is 27.3 Å². The summed E-state index contributed by atoms with van der Waals surface area (Å²) in [6.45, 7) is 2.15. The molecule has 3 aromatic heterocycles. The molecule has 2 aliphatic rings. The molecular weight excluding hydrogens is 495 g/mol. The second-order valence-electron chi connectivity index (χ2n) is 9.66. The maximum Gasteiger partial charge on any atom is 0.268 e. The zero-order valence-corrected chi connectivity index (χ0v) is 21.9. The summed E-state index contributed by atoms with van der Waals surface area (Å²) in [5, 5.41) is 8.46. The molecule has 4 atom stereocenters. The van der Waals surface area contributed by atoms with Crippen LogP contribution >= 0.6 is 34.4 Å². The van der Waals surface area contributed by atoms with E-state index >= 15 is 0 Å². The number of thiophene rings is 2. The number of nitrogens with one attached hydrogen (secondary N) is 1. The number of aromatic nitrogens is 2. The van der Waals surface area contributed by atoms with Crippen LogP contribution in [-0.2, 0) is 4.79 Å². The molecule has 0 aliphatic heterocycles. The quantitative estimate of drug-likeness (QED) is 0.232. The third kappa shape index (κ3) is 4.36. The Hall–Kier alpha value is -2.42. The van der Waals surface area contributed by atoms with E-state index in [1.54, 1.807) is 15.9 Å². The number of nitrogens with zero attached hydrogens (tertiary/aromatic N) is 2. The van der Waals surface area contributed by atoms with Gasteiger partial charge in [-0.25, -0.2) is 4.98 Å². The Morgan fingerprint density at radius 2 is 2.03 bits per heavy atom. The largest absolute Gasteiger partial charge is 0.353 e. The van der Waals surface area contributed by atoms with E-state index in [0.29, 0.717) is 21.3 Å². The van der Waals surface area contributed by atoms with E-state index in [9.17, 15) is 9.59 Å². The highest BCUT2D eigenvalue weighted by molar-refractivity contribution is 7.99. The molecule has 5 nitrogen and oxygen atoms in total. The van der Waals surface area contributed by atoms with Crippen LogP contribution < -0.4 is 10.9 Å². The number of benzene rings is 1. The topological polar surface area (TPSA) is 64.0 Å². The Labute approximate surface area is 216 Å².